The molecule has 3 N–H and O–H groups in total. The zero-order chi connectivity index (χ0) is 18.8. The highest BCUT2D eigenvalue weighted by Gasteiger charge is 2.22. The fraction of sp³-hybridized carbons (Fsp3) is 0.579. The number of methoxy groups -OCH3 is 1. The van der Waals surface area contributed by atoms with Crippen LogP contribution in [0, 0.1) is 0 Å². The Balaban J connectivity index is 0.00000364. The van der Waals surface area contributed by atoms with Crippen LogP contribution in [0.4, 0.5) is 10.5 Å². The maximum Gasteiger partial charge on any atom is 0.411 e. The van der Waals surface area contributed by atoms with Gasteiger partial charge in [-0.05, 0) is 50.6 Å². The van der Waals surface area contributed by atoms with Crippen molar-refractivity contribution in [2.75, 3.05) is 38.6 Å². The molecule has 0 aliphatic carbocycles. The SMILES string of the molecule is CCNC(=NCc1ccc(NC(=O)OC)cc1)NCC1CCCN1CC.I. The lowest BCUT2D eigenvalue weighted by molar-refractivity contribution is 0.187. The first-order chi connectivity index (χ1) is 12.7. The van der Waals surface area contributed by atoms with E-state index in [9.17, 15) is 4.79 Å². The molecule has 1 atom stereocenters. The molecule has 0 spiro atoms. The van der Waals surface area contributed by atoms with Crippen LogP contribution in [0.5, 0.6) is 0 Å². The van der Waals surface area contributed by atoms with Crippen molar-refractivity contribution >= 4 is 41.7 Å². The molecule has 1 aliphatic rings. The summed E-state index contributed by atoms with van der Waals surface area (Å²) in [5, 5.41) is 9.41. The van der Waals surface area contributed by atoms with Gasteiger partial charge in [0.1, 0.15) is 0 Å². The number of likely N-dealkylation sites (N-methyl/N-ethyl adjacent to an activating group) is 1. The number of anilines is 1. The maximum absolute atomic E-state index is 11.2. The van der Waals surface area contributed by atoms with Crippen molar-refractivity contribution in [3.8, 4) is 0 Å². The molecule has 0 aromatic heterocycles. The summed E-state index contributed by atoms with van der Waals surface area (Å²) in [4.78, 5) is 18.4. The molecule has 1 amide bonds. The third-order valence-corrected chi connectivity index (χ3v) is 4.56. The van der Waals surface area contributed by atoms with Crippen molar-refractivity contribution in [3.05, 3.63) is 29.8 Å². The van der Waals surface area contributed by atoms with Crippen LogP contribution in [0.25, 0.3) is 0 Å². The monoisotopic (exact) mass is 489 g/mol. The second-order valence-electron chi connectivity index (χ2n) is 6.31. The molecule has 152 valence electrons. The predicted octanol–water partition coefficient (Wildman–Crippen LogP) is 3.02. The molecular formula is C19H32IN5O2. The number of hydrogen-bond donors (Lipinski definition) is 3. The lowest BCUT2D eigenvalue weighted by atomic mass is 10.2. The third kappa shape index (κ3) is 7.92. The minimum Gasteiger partial charge on any atom is -0.453 e. The van der Waals surface area contributed by atoms with Gasteiger partial charge in [-0.2, -0.15) is 0 Å². The lowest BCUT2D eigenvalue weighted by Crippen LogP contribution is -2.44. The van der Waals surface area contributed by atoms with E-state index in [0.717, 1.165) is 31.2 Å². The Morgan fingerprint density at radius 1 is 1.26 bits per heavy atom. The minimum absolute atomic E-state index is 0. The van der Waals surface area contributed by atoms with E-state index >= 15 is 0 Å². The number of benzene rings is 1. The molecule has 8 heteroatoms. The van der Waals surface area contributed by atoms with E-state index in [1.807, 2.05) is 24.3 Å². The van der Waals surface area contributed by atoms with Crippen LogP contribution in [0.3, 0.4) is 0 Å². The Hall–Kier alpha value is -1.55. The molecule has 0 radical (unpaired) electrons. The molecule has 7 nitrogen and oxygen atoms in total. The van der Waals surface area contributed by atoms with Crippen LogP contribution in [0.2, 0.25) is 0 Å². The number of carbonyl (C=O) groups excluding carboxylic acids is 1. The van der Waals surface area contributed by atoms with E-state index in [-0.39, 0.29) is 24.0 Å². The predicted molar refractivity (Wildman–Crippen MR) is 121 cm³/mol. The Morgan fingerprint density at radius 3 is 2.63 bits per heavy atom. The number of hydrogen-bond acceptors (Lipinski definition) is 4. The van der Waals surface area contributed by atoms with Crippen molar-refractivity contribution < 1.29 is 9.53 Å². The van der Waals surface area contributed by atoms with Crippen LogP contribution in [-0.2, 0) is 11.3 Å². The molecule has 1 saturated heterocycles. The van der Waals surface area contributed by atoms with Crippen LogP contribution in [-0.4, -0.2) is 56.3 Å². The summed E-state index contributed by atoms with van der Waals surface area (Å²) in [7, 11) is 1.35. The number of guanidine groups is 1. The van der Waals surface area contributed by atoms with Gasteiger partial charge in [0.05, 0.1) is 13.7 Å². The molecule has 0 saturated carbocycles. The number of amides is 1. The highest BCUT2D eigenvalue weighted by atomic mass is 127. The summed E-state index contributed by atoms with van der Waals surface area (Å²) < 4.78 is 4.58. The van der Waals surface area contributed by atoms with E-state index in [1.54, 1.807) is 0 Å². The van der Waals surface area contributed by atoms with Crippen LogP contribution < -0.4 is 16.0 Å². The van der Waals surface area contributed by atoms with Gasteiger partial charge in [-0.15, -0.1) is 24.0 Å². The number of nitrogens with one attached hydrogen (secondary N) is 3. The molecule has 1 aromatic rings. The van der Waals surface area contributed by atoms with Gasteiger partial charge in [-0.1, -0.05) is 19.1 Å². The van der Waals surface area contributed by atoms with Crippen LogP contribution in [0.15, 0.2) is 29.3 Å². The average molecular weight is 489 g/mol. The van der Waals surface area contributed by atoms with Crippen molar-refractivity contribution in [1.82, 2.24) is 15.5 Å². The number of rotatable bonds is 7. The molecule has 1 unspecified atom stereocenters. The highest BCUT2D eigenvalue weighted by molar-refractivity contribution is 14.0. The van der Waals surface area contributed by atoms with Gasteiger partial charge in [-0.25, -0.2) is 9.79 Å². The molecular weight excluding hydrogens is 457 g/mol. The van der Waals surface area contributed by atoms with Crippen molar-refractivity contribution in [1.29, 1.82) is 0 Å². The summed E-state index contributed by atoms with van der Waals surface area (Å²) in [6.45, 7) is 8.91. The first-order valence-electron chi connectivity index (χ1n) is 9.36. The quantitative estimate of drug-likeness (QED) is 0.312. The smallest absolute Gasteiger partial charge is 0.411 e. The third-order valence-electron chi connectivity index (χ3n) is 4.56. The highest BCUT2D eigenvalue weighted by Crippen LogP contribution is 2.15. The van der Waals surface area contributed by atoms with Crippen LogP contribution >= 0.6 is 24.0 Å². The Morgan fingerprint density at radius 2 is 2.00 bits per heavy atom. The standard InChI is InChI=1S/C19H31N5O2.HI/c1-4-20-18(22-14-17-7-6-12-24(17)5-2)21-13-15-8-10-16(11-9-15)23-19(25)26-3;/h8-11,17H,4-7,12-14H2,1-3H3,(H,23,25)(H2,20,21,22);1H. The first-order valence-corrected chi connectivity index (χ1v) is 9.36. The Bertz CT molecular complexity index is 594. The van der Waals surface area contributed by atoms with Crippen LogP contribution in [0.1, 0.15) is 32.3 Å². The van der Waals surface area contributed by atoms with Gasteiger partial charge in [0.2, 0.25) is 0 Å². The zero-order valence-corrected chi connectivity index (χ0v) is 18.8. The first kappa shape index (κ1) is 23.5. The summed E-state index contributed by atoms with van der Waals surface area (Å²) >= 11 is 0. The molecule has 1 fully saturated rings. The van der Waals surface area contributed by atoms with Gasteiger partial charge in [0.15, 0.2) is 5.96 Å². The van der Waals surface area contributed by atoms with E-state index in [1.165, 1.54) is 26.5 Å². The van der Waals surface area contributed by atoms with Gasteiger partial charge < -0.3 is 15.4 Å². The van der Waals surface area contributed by atoms with E-state index in [0.29, 0.717) is 18.3 Å². The second-order valence-corrected chi connectivity index (χ2v) is 6.31. The number of likely N-dealkylation sites (tertiary alicyclic amines) is 1. The van der Waals surface area contributed by atoms with Crippen molar-refractivity contribution in [2.45, 2.75) is 39.3 Å². The Labute approximate surface area is 179 Å². The summed E-state index contributed by atoms with van der Waals surface area (Å²) in [5.41, 5.74) is 1.78. The van der Waals surface area contributed by atoms with E-state index in [2.05, 4.69) is 44.4 Å². The van der Waals surface area contributed by atoms with Gasteiger partial charge >= 0.3 is 6.09 Å². The van der Waals surface area contributed by atoms with Gasteiger partial charge in [0, 0.05) is 24.8 Å². The maximum atomic E-state index is 11.2. The molecule has 1 heterocycles. The molecule has 0 bridgehead atoms. The number of ether oxygens (including phenoxy) is 1. The topological polar surface area (TPSA) is 78.0 Å². The lowest BCUT2D eigenvalue weighted by Gasteiger charge is -2.24. The number of carbonyl (C=O) groups is 1. The van der Waals surface area contributed by atoms with Crippen molar-refractivity contribution in [2.24, 2.45) is 4.99 Å². The summed E-state index contributed by atoms with van der Waals surface area (Å²) in [6.07, 6.45) is 2.05. The molecule has 1 aromatic carbocycles. The number of halogens is 1. The zero-order valence-electron chi connectivity index (χ0n) is 16.5. The largest absolute Gasteiger partial charge is 0.453 e. The summed E-state index contributed by atoms with van der Waals surface area (Å²) in [6, 6.07) is 8.19. The molecule has 2 rings (SSSR count). The Kier molecular flexibility index (Phi) is 11.1. The average Bonchev–Trinajstić information content (AvgIpc) is 3.12. The van der Waals surface area contributed by atoms with Gasteiger partial charge in [0.25, 0.3) is 0 Å². The molecule has 1 aliphatic heterocycles. The minimum atomic E-state index is -0.470. The fourth-order valence-electron chi connectivity index (χ4n) is 3.13. The van der Waals surface area contributed by atoms with E-state index in [4.69, 9.17) is 0 Å². The molecule has 27 heavy (non-hydrogen) atoms. The number of aliphatic imine (C=N–C) groups is 1. The summed E-state index contributed by atoms with van der Waals surface area (Å²) in [5.74, 6) is 0.840. The number of nitrogens with zero attached hydrogens (tertiary/aromatic N) is 2. The van der Waals surface area contributed by atoms with Gasteiger partial charge in [-0.3, -0.25) is 10.2 Å². The second kappa shape index (κ2) is 12.8. The normalized spacial score (nSPS) is 17.1. The fourth-order valence-corrected chi connectivity index (χ4v) is 3.13. The van der Waals surface area contributed by atoms with Crippen molar-refractivity contribution in [3.63, 3.8) is 0 Å². The van der Waals surface area contributed by atoms with E-state index < -0.39 is 6.09 Å².